The first-order valence-electron chi connectivity index (χ1n) is 5.65. The molecule has 10 nitrogen and oxygen atoms in total. The predicted molar refractivity (Wildman–Crippen MR) is 68.3 cm³/mol. The number of aromatic nitrogens is 8. The Balaban J connectivity index is 2.09. The molecule has 0 amide bonds. The number of hydrogen-bond acceptors (Lipinski definition) is 7. The van der Waals surface area contributed by atoms with Crippen molar-refractivity contribution in [2.75, 3.05) is 5.73 Å². The van der Waals surface area contributed by atoms with Crippen LogP contribution in [0.1, 0.15) is 0 Å². The Morgan fingerprint density at radius 2 is 1.90 bits per heavy atom. The van der Waals surface area contributed by atoms with E-state index in [1.807, 2.05) is 0 Å². The van der Waals surface area contributed by atoms with E-state index in [-0.39, 0.29) is 11.3 Å². The largest absolute Gasteiger partial charge is 0.382 e. The van der Waals surface area contributed by atoms with Crippen molar-refractivity contribution in [2.24, 2.45) is 0 Å². The van der Waals surface area contributed by atoms with Crippen LogP contribution in [0.25, 0.3) is 22.3 Å². The van der Waals surface area contributed by atoms with Crippen molar-refractivity contribution in [3.8, 4) is 0 Å². The van der Waals surface area contributed by atoms with Gasteiger partial charge in [-0.15, -0.1) is 0 Å². The highest BCUT2D eigenvalue weighted by atomic mass is 15.5. The van der Waals surface area contributed by atoms with Gasteiger partial charge in [-0.3, -0.25) is 5.41 Å². The van der Waals surface area contributed by atoms with E-state index in [1.54, 1.807) is 4.68 Å². The summed E-state index contributed by atoms with van der Waals surface area (Å²) < 4.78 is 3.06. The lowest BCUT2D eigenvalue weighted by Gasteiger charge is -2.07. The number of anilines is 1. The van der Waals surface area contributed by atoms with Crippen LogP contribution in [-0.2, 0) is 0 Å². The Morgan fingerprint density at radius 3 is 2.80 bits per heavy atom. The lowest BCUT2D eigenvalue weighted by atomic mass is 10.5. The van der Waals surface area contributed by atoms with Crippen molar-refractivity contribution in [3.05, 3.63) is 30.8 Å². The SMILES string of the molecule is N=c1c2[nH]cnc2ncn1-n1cnc2c(N)ncnc21. The number of fused-ring (bicyclic) bond motifs is 2. The maximum atomic E-state index is 8.19. The molecule has 20 heavy (non-hydrogen) atoms. The van der Waals surface area contributed by atoms with E-state index >= 15 is 0 Å². The van der Waals surface area contributed by atoms with E-state index in [1.165, 1.54) is 30.0 Å². The summed E-state index contributed by atoms with van der Waals surface area (Å²) in [6.45, 7) is 0. The molecule has 4 heterocycles. The monoisotopic (exact) mass is 268 g/mol. The van der Waals surface area contributed by atoms with Crippen LogP contribution in [0.4, 0.5) is 5.82 Å². The molecule has 0 aliphatic carbocycles. The molecule has 10 heteroatoms. The molecule has 0 aliphatic rings. The van der Waals surface area contributed by atoms with E-state index in [9.17, 15) is 0 Å². The molecule has 0 spiro atoms. The smallest absolute Gasteiger partial charge is 0.185 e. The van der Waals surface area contributed by atoms with E-state index in [2.05, 4.69) is 29.9 Å². The van der Waals surface area contributed by atoms with Crippen molar-refractivity contribution in [1.82, 2.24) is 39.3 Å². The third-order valence-corrected chi connectivity index (χ3v) is 2.95. The molecule has 4 aromatic heterocycles. The molecule has 0 aromatic carbocycles. The first kappa shape index (κ1) is 10.6. The lowest BCUT2D eigenvalue weighted by Crippen LogP contribution is -2.26. The van der Waals surface area contributed by atoms with Crippen LogP contribution in [0.5, 0.6) is 0 Å². The Bertz CT molecular complexity index is 990. The number of hydrogen-bond donors (Lipinski definition) is 3. The van der Waals surface area contributed by atoms with Gasteiger partial charge in [0.1, 0.15) is 24.5 Å². The molecule has 0 saturated carbocycles. The Labute approximate surface area is 110 Å². The lowest BCUT2D eigenvalue weighted by molar-refractivity contribution is 0.618. The summed E-state index contributed by atoms with van der Waals surface area (Å²) in [6.07, 6.45) is 5.83. The molecule has 0 unspecified atom stereocenters. The zero-order chi connectivity index (χ0) is 13.7. The number of imidazole rings is 2. The highest BCUT2D eigenvalue weighted by Gasteiger charge is 2.11. The van der Waals surface area contributed by atoms with Crippen molar-refractivity contribution < 1.29 is 0 Å². The third kappa shape index (κ3) is 1.27. The molecule has 0 aliphatic heterocycles. The minimum absolute atomic E-state index is 0.184. The Morgan fingerprint density at radius 1 is 1.05 bits per heavy atom. The molecule has 0 fully saturated rings. The quantitative estimate of drug-likeness (QED) is 0.416. The molecule has 0 bridgehead atoms. The number of nitrogen functional groups attached to an aromatic ring is 1. The van der Waals surface area contributed by atoms with Gasteiger partial charge in [0.25, 0.3) is 0 Å². The minimum atomic E-state index is 0.184. The highest BCUT2D eigenvalue weighted by Crippen LogP contribution is 2.13. The molecule has 98 valence electrons. The number of nitrogens with zero attached hydrogens (tertiary/aromatic N) is 7. The fourth-order valence-corrected chi connectivity index (χ4v) is 2.00. The first-order valence-corrected chi connectivity index (χ1v) is 5.65. The Kier molecular flexibility index (Phi) is 1.91. The van der Waals surface area contributed by atoms with Gasteiger partial charge in [0.05, 0.1) is 6.33 Å². The van der Waals surface area contributed by atoms with Crippen molar-refractivity contribution in [2.45, 2.75) is 0 Å². The second-order valence-electron chi connectivity index (χ2n) is 4.06. The normalized spacial score (nSPS) is 11.4. The first-order chi connectivity index (χ1) is 9.75. The van der Waals surface area contributed by atoms with Crippen LogP contribution in [-0.4, -0.2) is 39.3 Å². The molecule has 0 radical (unpaired) electrons. The van der Waals surface area contributed by atoms with Crippen LogP contribution in [0.2, 0.25) is 0 Å². The van der Waals surface area contributed by atoms with E-state index in [0.29, 0.717) is 22.3 Å². The second-order valence-corrected chi connectivity index (χ2v) is 4.06. The van der Waals surface area contributed by atoms with Gasteiger partial charge < -0.3 is 10.7 Å². The zero-order valence-corrected chi connectivity index (χ0v) is 10.0. The van der Waals surface area contributed by atoms with Gasteiger partial charge in [-0.1, -0.05) is 0 Å². The number of rotatable bonds is 1. The van der Waals surface area contributed by atoms with Gasteiger partial charge in [-0.2, -0.15) is 0 Å². The molecule has 0 saturated heterocycles. The third-order valence-electron chi connectivity index (χ3n) is 2.95. The van der Waals surface area contributed by atoms with Gasteiger partial charge >= 0.3 is 0 Å². The molecular weight excluding hydrogens is 260 g/mol. The molecular formula is C10H8N10. The van der Waals surface area contributed by atoms with Crippen LogP contribution in [0.3, 0.4) is 0 Å². The molecule has 4 N–H and O–H groups in total. The summed E-state index contributed by atoms with van der Waals surface area (Å²) in [5, 5.41) is 8.19. The van der Waals surface area contributed by atoms with Crippen molar-refractivity contribution in [1.29, 1.82) is 5.41 Å². The predicted octanol–water partition coefficient (Wildman–Crippen LogP) is -0.728. The Hall–Kier alpha value is -3.30. The van der Waals surface area contributed by atoms with Gasteiger partial charge in [0.15, 0.2) is 28.1 Å². The van der Waals surface area contributed by atoms with Crippen LogP contribution in [0.15, 0.2) is 25.3 Å². The fourth-order valence-electron chi connectivity index (χ4n) is 2.00. The highest BCUT2D eigenvalue weighted by molar-refractivity contribution is 5.81. The van der Waals surface area contributed by atoms with Gasteiger partial charge in [0.2, 0.25) is 0 Å². The van der Waals surface area contributed by atoms with Crippen LogP contribution >= 0.6 is 0 Å². The molecule has 0 atom stereocenters. The average molecular weight is 268 g/mol. The fraction of sp³-hybridized carbons (Fsp3) is 0. The zero-order valence-electron chi connectivity index (χ0n) is 10.0. The van der Waals surface area contributed by atoms with Gasteiger partial charge in [0, 0.05) is 0 Å². The number of nitrogens with two attached hydrogens (primary N) is 1. The molecule has 4 rings (SSSR count). The van der Waals surface area contributed by atoms with Gasteiger partial charge in [-0.25, -0.2) is 34.3 Å². The van der Waals surface area contributed by atoms with E-state index in [0.717, 1.165) is 0 Å². The molecule has 4 aromatic rings. The van der Waals surface area contributed by atoms with Crippen molar-refractivity contribution >= 4 is 28.1 Å². The number of H-pyrrole nitrogens is 1. The maximum Gasteiger partial charge on any atom is 0.185 e. The second kappa shape index (κ2) is 3.60. The average Bonchev–Trinajstić information content (AvgIpc) is 3.06. The van der Waals surface area contributed by atoms with Crippen molar-refractivity contribution in [3.63, 3.8) is 0 Å². The standard InChI is InChI=1S/C10H8N10/c11-7-5-10(16-2-14-7)20(3-17-5)19-4-18-9-6(8(19)12)13-1-15-9/h1-4,12H,(H,13,15)(H2,11,14,16). The van der Waals surface area contributed by atoms with Crippen LogP contribution in [0, 0.1) is 5.41 Å². The summed E-state index contributed by atoms with van der Waals surface area (Å²) >= 11 is 0. The maximum absolute atomic E-state index is 8.19. The summed E-state index contributed by atoms with van der Waals surface area (Å²) in [7, 11) is 0. The summed E-state index contributed by atoms with van der Waals surface area (Å²) in [6, 6.07) is 0. The number of nitrogens with one attached hydrogen (secondary N) is 2. The number of aromatic amines is 1. The summed E-state index contributed by atoms with van der Waals surface area (Å²) in [4.78, 5) is 23.2. The van der Waals surface area contributed by atoms with E-state index < -0.39 is 0 Å². The van der Waals surface area contributed by atoms with Crippen LogP contribution < -0.4 is 11.2 Å². The van der Waals surface area contributed by atoms with Gasteiger partial charge in [-0.05, 0) is 0 Å². The minimum Gasteiger partial charge on any atom is -0.382 e. The summed E-state index contributed by atoms with van der Waals surface area (Å²) in [5.74, 6) is 0.288. The summed E-state index contributed by atoms with van der Waals surface area (Å²) in [5.41, 5.74) is 7.90. The van der Waals surface area contributed by atoms with E-state index in [4.69, 9.17) is 11.1 Å². The topological polar surface area (TPSA) is 140 Å².